The van der Waals surface area contributed by atoms with Gasteiger partial charge in [0.2, 0.25) is 0 Å². The topological polar surface area (TPSA) is 110 Å². The number of benzene rings is 1. The first-order valence-electron chi connectivity index (χ1n) is 10.2. The van der Waals surface area contributed by atoms with E-state index in [2.05, 4.69) is 15.9 Å². The molecule has 178 valence electrons. The van der Waals surface area contributed by atoms with Gasteiger partial charge in [-0.3, -0.25) is 4.57 Å². The Bertz CT molecular complexity index is 1020. The number of esters is 4. The van der Waals surface area contributed by atoms with Crippen LogP contribution in [0.4, 0.5) is 4.39 Å². The lowest BCUT2D eigenvalue weighted by Gasteiger charge is -2.14. The van der Waals surface area contributed by atoms with Crippen LogP contribution in [-0.2, 0) is 18.9 Å². The van der Waals surface area contributed by atoms with Crippen molar-refractivity contribution in [1.29, 1.82) is 0 Å². The molecule has 0 saturated heterocycles. The molecule has 0 radical (unpaired) electrons. The average Bonchev–Trinajstić information content (AvgIpc) is 3.10. The van der Waals surface area contributed by atoms with E-state index in [9.17, 15) is 23.6 Å². The van der Waals surface area contributed by atoms with Crippen LogP contribution in [0.3, 0.4) is 0 Å². The van der Waals surface area contributed by atoms with Crippen molar-refractivity contribution >= 4 is 39.8 Å². The van der Waals surface area contributed by atoms with Crippen LogP contribution in [0.25, 0.3) is 5.69 Å². The van der Waals surface area contributed by atoms with Crippen molar-refractivity contribution in [3.63, 3.8) is 0 Å². The minimum atomic E-state index is -1.05. The van der Waals surface area contributed by atoms with Crippen LogP contribution in [-0.4, -0.2) is 54.9 Å². The van der Waals surface area contributed by atoms with Gasteiger partial charge >= 0.3 is 23.9 Å². The summed E-state index contributed by atoms with van der Waals surface area (Å²) < 4.78 is 35.3. The lowest BCUT2D eigenvalue weighted by molar-refractivity contribution is 0.0453. The fraction of sp³-hybridized carbons (Fsp3) is 0.364. The summed E-state index contributed by atoms with van der Waals surface area (Å²) in [4.78, 5) is 51.9. The Hall–Kier alpha value is -3.21. The molecule has 2 rings (SSSR count). The zero-order valence-electron chi connectivity index (χ0n) is 18.5. The predicted molar refractivity (Wildman–Crippen MR) is 117 cm³/mol. The van der Waals surface area contributed by atoms with Crippen LogP contribution in [0.1, 0.15) is 69.4 Å². The Morgan fingerprint density at radius 2 is 1.15 bits per heavy atom. The molecule has 2 aromatic rings. The van der Waals surface area contributed by atoms with E-state index in [0.717, 1.165) is 16.7 Å². The molecule has 33 heavy (non-hydrogen) atoms. The van der Waals surface area contributed by atoms with E-state index in [1.165, 1.54) is 19.9 Å². The van der Waals surface area contributed by atoms with Crippen molar-refractivity contribution in [3.8, 4) is 5.69 Å². The third-order valence-electron chi connectivity index (χ3n) is 4.22. The summed E-state index contributed by atoms with van der Waals surface area (Å²) in [6, 6.07) is 3.43. The van der Waals surface area contributed by atoms with E-state index < -0.39 is 52.2 Å². The number of halogens is 2. The Morgan fingerprint density at radius 3 is 1.52 bits per heavy atom. The maximum absolute atomic E-state index is 13.8. The molecule has 0 atom stereocenters. The van der Waals surface area contributed by atoms with Gasteiger partial charge in [-0.25, -0.2) is 23.6 Å². The Labute approximate surface area is 197 Å². The highest BCUT2D eigenvalue weighted by molar-refractivity contribution is 9.10. The maximum Gasteiger partial charge on any atom is 0.356 e. The number of ether oxygens (including phenoxy) is 4. The molecule has 0 aliphatic carbocycles. The van der Waals surface area contributed by atoms with Gasteiger partial charge in [0.05, 0.1) is 32.1 Å². The Morgan fingerprint density at radius 1 is 0.758 bits per heavy atom. The van der Waals surface area contributed by atoms with Crippen LogP contribution in [0.2, 0.25) is 0 Å². The third kappa shape index (κ3) is 5.41. The smallest absolute Gasteiger partial charge is 0.356 e. The summed E-state index contributed by atoms with van der Waals surface area (Å²) in [5.74, 6) is -4.74. The van der Waals surface area contributed by atoms with Crippen molar-refractivity contribution < 1.29 is 42.5 Å². The van der Waals surface area contributed by atoms with Gasteiger partial charge in [-0.05, 0) is 61.8 Å². The molecule has 11 heteroatoms. The van der Waals surface area contributed by atoms with Crippen molar-refractivity contribution in [2.45, 2.75) is 27.7 Å². The normalized spacial score (nSPS) is 10.5. The number of hydrogen-bond donors (Lipinski definition) is 0. The highest BCUT2D eigenvalue weighted by Crippen LogP contribution is 2.33. The van der Waals surface area contributed by atoms with Crippen LogP contribution in [0.5, 0.6) is 0 Å². The van der Waals surface area contributed by atoms with Crippen molar-refractivity contribution in [1.82, 2.24) is 4.57 Å². The highest BCUT2D eigenvalue weighted by atomic mass is 79.9. The van der Waals surface area contributed by atoms with E-state index in [1.807, 2.05) is 0 Å². The molecule has 0 spiro atoms. The molecule has 0 unspecified atom stereocenters. The van der Waals surface area contributed by atoms with E-state index in [4.69, 9.17) is 18.9 Å². The number of rotatable bonds is 9. The number of carbonyl (C=O) groups is 4. The van der Waals surface area contributed by atoms with Gasteiger partial charge in [-0.1, -0.05) is 0 Å². The third-order valence-corrected chi connectivity index (χ3v) is 4.85. The fourth-order valence-corrected chi connectivity index (χ4v) is 3.59. The summed E-state index contributed by atoms with van der Waals surface area (Å²) >= 11 is 3.20. The lowest BCUT2D eigenvalue weighted by atomic mass is 10.1. The molecule has 0 bridgehead atoms. The largest absolute Gasteiger partial charge is 0.462 e. The lowest BCUT2D eigenvalue weighted by Crippen LogP contribution is -2.19. The number of nitrogens with zero attached hydrogens (tertiary/aromatic N) is 1. The summed E-state index contributed by atoms with van der Waals surface area (Å²) in [6.45, 7) is 5.86. The molecule has 1 heterocycles. The molecule has 0 aliphatic rings. The molecule has 0 fully saturated rings. The molecular weight excluding hydrogens is 505 g/mol. The molecule has 1 aromatic carbocycles. The van der Waals surface area contributed by atoms with Gasteiger partial charge in [-0.2, -0.15) is 0 Å². The van der Waals surface area contributed by atoms with Crippen molar-refractivity contribution in [3.05, 3.63) is 51.0 Å². The van der Waals surface area contributed by atoms with Gasteiger partial charge in [0, 0.05) is 4.47 Å². The SMILES string of the molecule is CCOC(=O)c1c(C(=O)OCC)c(C(=O)OCC)n(-c2ccc(F)cc2Br)c1C(=O)OCC. The highest BCUT2D eigenvalue weighted by Gasteiger charge is 2.40. The van der Waals surface area contributed by atoms with E-state index in [0.29, 0.717) is 0 Å². The molecule has 0 aliphatic heterocycles. The maximum atomic E-state index is 13.8. The standard InChI is InChI=1S/C22H23BrFNO8/c1-5-30-19(26)15-16(20(27)31-6-2)18(22(29)33-8-4)25(17(15)21(28)32-7-3)14-10-9-12(24)11-13(14)23/h9-11H,5-8H2,1-4H3. The quantitative estimate of drug-likeness (QED) is 0.354. The second kappa shape index (κ2) is 11.6. The first-order valence-corrected chi connectivity index (χ1v) is 10.9. The molecule has 9 nitrogen and oxygen atoms in total. The van der Waals surface area contributed by atoms with Crippen LogP contribution >= 0.6 is 15.9 Å². The van der Waals surface area contributed by atoms with Crippen LogP contribution in [0.15, 0.2) is 22.7 Å². The zero-order chi connectivity index (χ0) is 24.7. The van der Waals surface area contributed by atoms with E-state index in [1.54, 1.807) is 13.8 Å². The summed E-state index contributed by atoms with van der Waals surface area (Å²) in [7, 11) is 0. The first kappa shape index (κ1) is 26.0. The second-order valence-electron chi connectivity index (χ2n) is 6.26. The number of carbonyl (C=O) groups excluding carboxylic acids is 4. The number of hydrogen-bond acceptors (Lipinski definition) is 8. The van der Waals surface area contributed by atoms with Crippen LogP contribution < -0.4 is 0 Å². The van der Waals surface area contributed by atoms with Gasteiger partial charge in [0.1, 0.15) is 28.3 Å². The summed E-state index contributed by atoms with van der Waals surface area (Å²) in [5.41, 5.74) is -1.90. The Balaban J connectivity index is 3.12. The van der Waals surface area contributed by atoms with Crippen LogP contribution in [0, 0.1) is 5.82 Å². The zero-order valence-corrected chi connectivity index (χ0v) is 20.1. The minimum absolute atomic E-state index is 0.0691. The average molecular weight is 528 g/mol. The molecule has 0 saturated carbocycles. The summed E-state index contributed by atoms with van der Waals surface area (Å²) in [5, 5.41) is 0. The van der Waals surface area contributed by atoms with Gasteiger partial charge < -0.3 is 18.9 Å². The van der Waals surface area contributed by atoms with Crippen molar-refractivity contribution in [2.75, 3.05) is 26.4 Å². The number of aromatic nitrogens is 1. The van der Waals surface area contributed by atoms with E-state index >= 15 is 0 Å². The monoisotopic (exact) mass is 527 g/mol. The first-order chi connectivity index (χ1) is 15.7. The molecule has 0 N–H and O–H groups in total. The second-order valence-corrected chi connectivity index (χ2v) is 7.11. The molecular formula is C22H23BrFNO8. The fourth-order valence-electron chi connectivity index (χ4n) is 3.07. The summed E-state index contributed by atoms with van der Waals surface area (Å²) in [6.07, 6.45) is 0. The molecule has 1 aromatic heterocycles. The van der Waals surface area contributed by atoms with Gasteiger partial charge in [-0.15, -0.1) is 0 Å². The van der Waals surface area contributed by atoms with Gasteiger partial charge in [0.25, 0.3) is 0 Å². The molecule has 0 amide bonds. The predicted octanol–water partition coefficient (Wildman–Crippen LogP) is 4.09. The minimum Gasteiger partial charge on any atom is -0.462 e. The van der Waals surface area contributed by atoms with E-state index in [-0.39, 0.29) is 36.6 Å². The van der Waals surface area contributed by atoms with Crippen molar-refractivity contribution in [2.24, 2.45) is 0 Å². The Kier molecular flexibility index (Phi) is 9.15. The van der Waals surface area contributed by atoms with Gasteiger partial charge in [0.15, 0.2) is 0 Å².